The fourth-order valence-corrected chi connectivity index (χ4v) is 5.20. The van der Waals surface area contributed by atoms with Gasteiger partial charge in [-0.05, 0) is 43.4 Å². The molecule has 1 aliphatic heterocycles. The number of para-hydroxylation sites is 1. The highest BCUT2D eigenvalue weighted by atomic mass is 32.2. The van der Waals surface area contributed by atoms with Crippen LogP contribution in [0.2, 0.25) is 0 Å². The fraction of sp³-hybridized carbons (Fsp3) is 0.360. The Balaban J connectivity index is 1.57. The van der Waals surface area contributed by atoms with Crippen LogP contribution < -0.4 is 10.2 Å². The molecule has 2 aliphatic rings. The predicted octanol–water partition coefficient (Wildman–Crippen LogP) is 5.21. The summed E-state index contributed by atoms with van der Waals surface area (Å²) < 4.78 is 0. The highest BCUT2D eigenvalue weighted by Crippen LogP contribution is 2.41. The summed E-state index contributed by atoms with van der Waals surface area (Å²) in [6.07, 6.45) is 6.03. The van der Waals surface area contributed by atoms with Crippen LogP contribution in [0.25, 0.3) is 0 Å². The van der Waals surface area contributed by atoms with Gasteiger partial charge in [-0.3, -0.25) is 9.59 Å². The first kappa shape index (κ1) is 20.7. The average molecular weight is 421 g/mol. The molecule has 1 N–H and O–H groups in total. The monoisotopic (exact) mass is 420 g/mol. The van der Waals surface area contributed by atoms with Crippen LogP contribution in [-0.2, 0) is 16.1 Å². The molecule has 0 saturated heterocycles. The number of anilines is 1. The van der Waals surface area contributed by atoms with Crippen molar-refractivity contribution in [1.82, 2.24) is 5.32 Å². The van der Waals surface area contributed by atoms with Crippen molar-refractivity contribution >= 4 is 29.3 Å². The number of carbonyl (C=O) groups excluding carboxylic acids is 2. The molecule has 1 fully saturated rings. The molecule has 4 nitrogen and oxygen atoms in total. The molecule has 4 rings (SSSR count). The first-order valence-electron chi connectivity index (χ1n) is 10.7. The van der Waals surface area contributed by atoms with Gasteiger partial charge >= 0.3 is 0 Å². The van der Waals surface area contributed by atoms with E-state index in [0.717, 1.165) is 35.4 Å². The molecule has 156 valence electrons. The van der Waals surface area contributed by atoms with Crippen molar-refractivity contribution in [2.75, 3.05) is 4.90 Å². The van der Waals surface area contributed by atoms with Gasteiger partial charge < -0.3 is 10.2 Å². The third-order valence-electron chi connectivity index (χ3n) is 5.99. The van der Waals surface area contributed by atoms with Crippen LogP contribution in [0.4, 0.5) is 5.69 Å². The summed E-state index contributed by atoms with van der Waals surface area (Å²) in [7, 11) is 0. The molecule has 1 heterocycles. The van der Waals surface area contributed by atoms with Crippen LogP contribution in [0.15, 0.2) is 64.4 Å². The topological polar surface area (TPSA) is 49.4 Å². The van der Waals surface area contributed by atoms with Gasteiger partial charge in [0.25, 0.3) is 5.91 Å². The van der Waals surface area contributed by atoms with E-state index in [9.17, 15) is 9.59 Å². The Morgan fingerprint density at radius 2 is 1.87 bits per heavy atom. The summed E-state index contributed by atoms with van der Waals surface area (Å²) in [6.45, 7) is 4.72. The first-order chi connectivity index (χ1) is 14.5. The van der Waals surface area contributed by atoms with Crippen LogP contribution in [0.3, 0.4) is 0 Å². The molecule has 30 heavy (non-hydrogen) atoms. The largest absolute Gasteiger partial charge is 0.350 e. The number of benzene rings is 2. The van der Waals surface area contributed by atoms with Crippen LogP contribution in [-0.4, -0.2) is 17.9 Å². The van der Waals surface area contributed by atoms with Crippen molar-refractivity contribution in [3.05, 3.63) is 70.6 Å². The second-order valence-electron chi connectivity index (χ2n) is 8.33. The molecule has 0 radical (unpaired) electrons. The van der Waals surface area contributed by atoms with E-state index < -0.39 is 0 Å². The van der Waals surface area contributed by atoms with E-state index in [1.807, 2.05) is 43.3 Å². The van der Waals surface area contributed by atoms with Crippen LogP contribution in [0.5, 0.6) is 0 Å². The normalized spacial score (nSPS) is 22.7. The molecule has 5 heteroatoms. The average Bonchev–Trinajstić information content (AvgIpc) is 2.74. The summed E-state index contributed by atoms with van der Waals surface area (Å²) >= 11 is 1.38. The Kier molecular flexibility index (Phi) is 6.28. The van der Waals surface area contributed by atoms with Crippen molar-refractivity contribution in [2.24, 2.45) is 5.92 Å². The number of fused-ring (bicyclic) bond motifs is 1. The van der Waals surface area contributed by atoms with Gasteiger partial charge in [-0.1, -0.05) is 73.5 Å². The molecular weight excluding hydrogens is 392 g/mol. The van der Waals surface area contributed by atoms with E-state index in [1.54, 1.807) is 4.90 Å². The lowest BCUT2D eigenvalue weighted by atomic mass is 9.86. The summed E-state index contributed by atoms with van der Waals surface area (Å²) in [5, 5.41) is 3.13. The molecule has 2 aromatic carbocycles. The van der Waals surface area contributed by atoms with E-state index >= 15 is 0 Å². The van der Waals surface area contributed by atoms with Crippen molar-refractivity contribution in [3.8, 4) is 0 Å². The third-order valence-corrected chi connectivity index (χ3v) is 7.07. The van der Waals surface area contributed by atoms with Crippen molar-refractivity contribution in [1.29, 1.82) is 0 Å². The minimum atomic E-state index is -0.167. The quantitative estimate of drug-likeness (QED) is 0.691. The van der Waals surface area contributed by atoms with E-state index in [-0.39, 0.29) is 17.9 Å². The maximum atomic E-state index is 13.3. The fourth-order valence-electron chi connectivity index (χ4n) is 4.17. The minimum Gasteiger partial charge on any atom is -0.350 e. The summed E-state index contributed by atoms with van der Waals surface area (Å²) in [4.78, 5) is 29.3. The molecular formula is C25H28N2O2S. The lowest BCUT2D eigenvalue weighted by Gasteiger charge is -2.31. The Morgan fingerprint density at radius 3 is 2.63 bits per heavy atom. The van der Waals surface area contributed by atoms with Crippen molar-refractivity contribution < 1.29 is 9.59 Å². The number of hydrogen-bond donors (Lipinski definition) is 1. The number of rotatable bonds is 4. The van der Waals surface area contributed by atoms with Gasteiger partial charge in [0.05, 0.1) is 17.1 Å². The molecule has 0 unspecified atom stereocenters. The highest BCUT2D eigenvalue weighted by Gasteiger charge is 2.30. The van der Waals surface area contributed by atoms with E-state index in [1.165, 1.54) is 29.8 Å². The molecule has 2 aromatic rings. The predicted molar refractivity (Wildman–Crippen MR) is 122 cm³/mol. The molecule has 2 atom stereocenters. The van der Waals surface area contributed by atoms with Crippen LogP contribution in [0.1, 0.15) is 43.7 Å². The van der Waals surface area contributed by atoms with Gasteiger partial charge in [-0.25, -0.2) is 0 Å². The smallest absolute Gasteiger partial charge is 0.265 e. The third kappa shape index (κ3) is 4.62. The lowest BCUT2D eigenvalue weighted by molar-refractivity contribution is -0.119. The van der Waals surface area contributed by atoms with E-state index in [2.05, 4.69) is 24.4 Å². The van der Waals surface area contributed by atoms with E-state index in [0.29, 0.717) is 17.4 Å². The molecule has 2 amide bonds. The van der Waals surface area contributed by atoms with Gasteiger partial charge in [0.1, 0.15) is 0 Å². The van der Waals surface area contributed by atoms with Gasteiger partial charge in [0.2, 0.25) is 5.91 Å². The molecule has 0 spiro atoms. The maximum absolute atomic E-state index is 13.3. The van der Waals surface area contributed by atoms with Crippen LogP contribution >= 0.6 is 11.8 Å². The molecule has 1 aliphatic carbocycles. The zero-order valence-electron chi connectivity index (χ0n) is 17.6. The summed E-state index contributed by atoms with van der Waals surface area (Å²) in [5.74, 6) is 0.194. The number of nitrogens with one attached hydrogen (secondary N) is 1. The SMILES string of the molecule is Cc1ccc(CN2C(=O)/C(=C/C(=O)N[C@H]3CCCC[C@@H]3C)Sc3ccccc32)cc1. The number of nitrogens with zero attached hydrogens (tertiary/aromatic N) is 1. The van der Waals surface area contributed by atoms with Gasteiger partial charge in [-0.2, -0.15) is 0 Å². The Bertz CT molecular complexity index is 967. The van der Waals surface area contributed by atoms with Gasteiger partial charge in [0.15, 0.2) is 0 Å². The number of hydrogen-bond acceptors (Lipinski definition) is 3. The number of amides is 2. The van der Waals surface area contributed by atoms with Gasteiger partial charge in [-0.15, -0.1) is 0 Å². The highest BCUT2D eigenvalue weighted by molar-refractivity contribution is 8.04. The standard InChI is InChI=1S/C25H28N2O2S/c1-17-11-13-19(14-12-17)16-27-21-9-5-6-10-22(21)30-23(25(27)29)15-24(28)26-20-8-4-3-7-18(20)2/h5-6,9-15,18,20H,3-4,7-8,16H2,1-2H3,(H,26,28)/b23-15-/t18-,20-/m0/s1. The Labute approximate surface area is 182 Å². The number of thioether (sulfide) groups is 1. The Hall–Kier alpha value is -2.53. The minimum absolute atomic E-state index is 0.119. The zero-order valence-corrected chi connectivity index (χ0v) is 18.4. The molecule has 1 saturated carbocycles. The van der Waals surface area contributed by atoms with Crippen molar-refractivity contribution in [2.45, 2.75) is 57.0 Å². The zero-order chi connectivity index (χ0) is 21.1. The summed E-state index contributed by atoms with van der Waals surface area (Å²) in [6, 6.07) is 16.3. The summed E-state index contributed by atoms with van der Waals surface area (Å²) in [5.41, 5.74) is 3.15. The van der Waals surface area contributed by atoms with Gasteiger partial charge in [0, 0.05) is 17.0 Å². The molecule has 0 bridgehead atoms. The van der Waals surface area contributed by atoms with Crippen molar-refractivity contribution in [3.63, 3.8) is 0 Å². The maximum Gasteiger partial charge on any atom is 0.265 e. The number of carbonyl (C=O) groups is 2. The van der Waals surface area contributed by atoms with Crippen LogP contribution in [0, 0.1) is 12.8 Å². The Morgan fingerprint density at radius 1 is 1.13 bits per heavy atom. The van der Waals surface area contributed by atoms with E-state index in [4.69, 9.17) is 0 Å². The second kappa shape index (κ2) is 9.09. The second-order valence-corrected chi connectivity index (χ2v) is 9.42. The first-order valence-corrected chi connectivity index (χ1v) is 11.5. The lowest BCUT2D eigenvalue weighted by Crippen LogP contribution is -2.41. The molecule has 0 aromatic heterocycles. The number of aryl methyl sites for hydroxylation is 1.